The van der Waals surface area contributed by atoms with Crippen LogP contribution in [0, 0.1) is 48.5 Å². The van der Waals surface area contributed by atoms with E-state index in [0.717, 1.165) is 136 Å². The average Bonchev–Trinajstić information content (AvgIpc) is 1.28. The zero-order chi connectivity index (χ0) is 100. The summed E-state index contributed by atoms with van der Waals surface area (Å²) < 4.78 is 4.01. The Labute approximate surface area is 854 Å². The van der Waals surface area contributed by atoms with Gasteiger partial charge in [-0.1, -0.05) is 413 Å². The highest BCUT2D eigenvalue weighted by atomic mass is 15.3. The number of nitrogens with zero attached hydrogens (tertiary/aromatic N) is 15. The quantitative estimate of drug-likeness (QED) is 0.113. The van der Waals surface area contributed by atoms with Gasteiger partial charge in [-0.25, -0.2) is 34.9 Å². The molecule has 0 radical (unpaired) electrons. The fourth-order valence-electron chi connectivity index (χ4n) is 18.3. The SMILES string of the molecule is Cc1cc(-c2ccc3ccccc3c2)cc(-c2cccc3ccccc23)n1.Cc1cccc(-c2ccccc2)n1.Cc1nc(-c2ccc(-c3ccccc3)cc2)c2ccccc2n1.Cc1nc(-c2ccc3ccccc3c2)cc(-c2cccc3ccccc23)n1.Cc1nc(-c2ccc3ccccc3c2)nc(-c2cccc3ccccc23)n1.Cc1nnc(-c2ccccc2)n1-c1ccccc1.Cc1nncn1-c1ccccc1. The van der Waals surface area contributed by atoms with Gasteiger partial charge in [0.05, 0.1) is 34.0 Å². The van der Waals surface area contributed by atoms with Crippen LogP contribution in [0.1, 0.15) is 40.5 Å². The van der Waals surface area contributed by atoms with E-state index in [1.165, 1.54) is 92.6 Å². The molecule has 0 bridgehead atoms. The van der Waals surface area contributed by atoms with Crippen LogP contribution in [-0.4, -0.2) is 74.4 Å². The molecule has 0 saturated carbocycles. The van der Waals surface area contributed by atoms with Crippen molar-refractivity contribution in [2.75, 3.05) is 0 Å². The summed E-state index contributed by atoms with van der Waals surface area (Å²) in [4.78, 5) is 41.9. The van der Waals surface area contributed by atoms with Gasteiger partial charge in [-0.15, -0.1) is 20.4 Å². The fourth-order valence-corrected chi connectivity index (χ4v) is 18.3. The Morgan fingerprint density at radius 3 is 1.17 bits per heavy atom. The monoisotopic (exact) mass is 1900 g/mol. The molecule has 0 N–H and O–H groups in total. The second-order valence-corrected chi connectivity index (χ2v) is 35.7. The lowest BCUT2D eigenvalue weighted by Crippen LogP contribution is -2.00. The van der Waals surface area contributed by atoms with Gasteiger partial charge in [0.1, 0.15) is 35.4 Å². The Morgan fingerprint density at radius 2 is 0.599 bits per heavy atom. The molecule has 7 heterocycles. The van der Waals surface area contributed by atoms with E-state index < -0.39 is 0 Å². The van der Waals surface area contributed by atoms with Crippen LogP contribution >= 0.6 is 0 Å². The molecule has 0 aliphatic heterocycles. The van der Waals surface area contributed by atoms with Gasteiger partial charge in [-0.05, 0) is 214 Å². The van der Waals surface area contributed by atoms with E-state index in [-0.39, 0.29) is 0 Å². The second-order valence-electron chi connectivity index (χ2n) is 35.7. The highest BCUT2D eigenvalue weighted by Crippen LogP contribution is 2.38. The highest BCUT2D eigenvalue weighted by molar-refractivity contribution is 6.00. The fraction of sp³-hybridized carbons (Fsp3) is 0.0530. The van der Waals surface area contributed by atoms with Crippen molar-refractivity contribution in [2.24, 2.45) is 0 Å². The van der Waals surface area contributed by atoms with Gasteiger partial charge in [0, 0.05) is 72.7 Å². The maximum atomic E-state index is 4.84. The Hall–Kier alpha value is -19.3. The van der Waals surface area contributed by atoms with Gasteiger partial charge >= 0.3 is 0 Å². The summed E-state index contributed by atoms with van der Waals surface area (Å²) in [6.07, 6.45) is 1.71. The molecule has 15 heteroatoms. The summed E-state index contributed by atoms with van der Waals surface area (Å²) in [7, 11) is 0. The molecular formula is C132H103N15. The minimum absolute atomic E-state index is 0.705. The Morgan fingerprint density at radius 1 is 0.190 bits per heavy atom. The van der Waals surface area contributed by atoms with Gasteiger partial charge in [-0.3, -0.25) is 19.1 Å². The van der Waals surface area contributed by atoms with Crippen LogP contribution in [0.25, 0.3) is 200 Å². The van der Waals surface area contributed by atoms with Gasteiger partial charge in [0.2, 0.25) is 0 Å². The lowest BCUT2D eigenvalue weighted by molar-refractivity contribution is 0.969. The lowest BCUT2D eigenvalue weighted by atomic mass is 9.97. The van der Waals surface area contributed by atoms with Crippen molar-refractivity contribution in [3.8, 4) is 124 Å². The van der Waals surface area contributed by atoms with Gasteiger partial charge < -0.3 is 0 Å². The third-order valence-electron chi connectivity index (χ3n) is 25.4. The van der Waals surface area contributed by atoms with E-state index in [2.05, 4.69) is 378 Å². The number of para-hydroxylation sites is 3. The summed E-state index contributed by atoms with van der Waals surface area (Å²) >= 11 is 0. The van der Waals surface area contributed by atoms with Crippen LogP contribution in [0.3, 0.4) is 0 Å². The summed E-state index contributed by atoms with van der Waals surface area (Å²) in [5.41, 5.74) is 23.9. The summed E-state index contributed by atoms with van der Waals surface area (Å²) in [6.45, 7) is 13.8. The predicted octanol–water partition coefficient (Wildman–Crippen LogP) is 32.4. The molecule has 0 aliphatic rings. The molecular weight excluding hydrogens is 1800 g/mol. The van der Waals surface area contributed by atoms with Crippen LogP contribution in [-0.2, 0) is 0 Å². The third-order valence-corrected chi connectivity index (χ3v) is 25.4. The van der Waals surface area contributed by atoms with E-state index >= 15 is 0 Å². The summed E-state index contributed by atoms with van der Waals surface area (Å²) in [6, 6.07) is 169. The van der Waals surface area contributed by atoms with Crippen molar-refractivity contribution < 1.29 is 0 Å². The van der Waals surface area contributed by atoms with E-state index in [4.69, 9.17) is 19.9 Å². The Kier molecular flexibility index (Phi) is 29.3. The van der Waals surface area contributed by atoms with Crippen LogP contribution in [0.15, 0.2) is 498 Å². The second kappa shape index (κ2) is 45.1. The maximum absolute atomic E-state index is 4.84. The first-order chi connectivity index (χ1) is 72.2. The first kappa shape index (κ1) is 95.3. The minimum Gasteiger partial charge on any atom is -0.286 e. The van der Waals surface area contributed by atoms with Crippen LogP contribution in [0.2, 0.25) is 0 Å². The van der Waals surface area contributed by atoms with E-state index in [1.807, 2.05) is 216 Å². The number of rotatable bonds is 12. The van der Waals surface area contributed by atoms with E-state index in [1.54, 1.807) is 6.33 Å². The molecule has 0 spiro atoms. The number of fused-ring (bicyclic) bond motifs is 7. The van der Waals surface area contributed by atoms with Crippen molar-refractivity contribution in [2.45, 2.75) is 48.5 Å². The number of aromatic nitrogens is 15. The van der Waals surface area contributed by atoms with Crippen LogP contribution in [0.4, 0.5) is 0 Å². The largest absolute Gasteiger partial charge is 0.286 e. The van der Waals surface area contributed by atoms with Crippen molar-refractivity contribution in [1.29, 1.82) is 0 Å². The van der Waals surface area contributed by atoms with Crippen molar-refractivity contribution in [1.82, 2.24) is 74.4 Å². The molecule has 7 aromatic heterocycles. The third kappa shape index (κ3) is 22.9. The standard InChI is InChI=1S/C26H19N.C25H18N2.C24H17N3.C21H16N2.C15H13N3.C12H11N.C9H9N3/c1-18-15-23(22-14-13-19-7-2-3-9-21(19)16-22)17-26(27-18)25-12-6-10-20-8-4-5-11-24(20)25;1-17-26-24(21-14-13-18-7-2-3-9-20(18)15-21)16-25(27-17)23-12-6-10-19-8-4-5-11-22(19)23;1-16-25-23(20-14-13-17-7-2-3-9-19(17)15-20)27-24(26-16)22-12-6-10-18-8-4-5-11-21(18)22;1-15-22-20-10-6-5-9-19(20)21(23-15)18-13-11-17(12-14-18)16-7-3-2-4-8-16;1-12-16-17-15(13-8-4-2-5-9-13)18(12)14-10-6-3-7-11-14;1-10-6-5-9-12(13-10)11-7-3-2-4-8-11;1-8-11-10-7-12(8)9-5-3-2-4-6-9/h2-17H,1H3;2-16H,1H3;2-15H,1H3;2-14H,1H3;2-11H,1H3;2-9H,1H3;2-7H,1H3. The molecule has 19 aromatic carbocycles. The van der Waals surface area contributed by atoms with Crippen molar-refractivity contribution >= 4 is 75.5 Å². The zero-order valence-corrected chi connectivity index (χ0v) is 82.6. The molecule has 0 amide bonds. The number of hydrogen-bond donors (Lipinski definition) is 0. The van der Waals surface area contributed by atoms with E-state index in [0.29, 0.717) is 11.6 Å². The molecule has 147 heavy (non-hydrogen) atoms. The highest BCUT2D eigenvalue weighted by Gasteiger charge is 2.18. The Bertz CT molecular complexity index is 8570. The molecule has 26 rings (SSSR count). The topological polar surface area (TPSA) is 177 Å². The molecule has 0 aliphatic carbocycles. The van der Waals surface area contributed by atoms with Crippen molar-refractivity contribution in [3.05, 3.63) is 538 Å². The maximum Gasteiger partial charge on any atom is 0.168 e. The summed E-state index contributed by atoms with van der Waals surface area (Å²) in [5.74, 6) is 6.38. The lowest BCUT2D eigenvalue weighted by Gasteiger charge is -2.11. The Balaban J connectivity index is 0.000000106. The van der Waals surface area contributed by atoms with E-state index in [9.17, 15) is 0 Å². The number of pyridine rings is 2. The average molecular weight is 1900 g/mol. The summed E-state index contributed by atoms with van der Waals surface area (Å²) in [5, 5.41) is 31.9. The minimum atomic E-state index is 0.705. The number of benzene rings is 19. The first-order valence-electron chi connectivity index (χ1n) is 49.1. The molecule has 26 aromatic rings. The van der Waals surface area contributed by atoms with Gasteiger partial charge in [-0.2, -0.15) is 0 Å². The normalized spacial score (nSPS) is 10.8. The van der Waals surface area contributed by atoms with Gasteiger partial charge in [0.15, 0.2) is 17.5 Å². The molecule has 15 nitrogen and oxygen atoms in total. The molecule has 0 fully saturated rings. The zero-order valence-electron chi connectivity index (χ0n) is 82.6. The predicted molar refractivity (Wildman–Crippen MR) is 605 cm³/mol. The number of aryl methyl sites for hydroxylation is 7. The van der Waals surface area contributed by atoms with Crippen LogP contribution in [0.5, 0.6) is 0 Å². The molecule has 0 saturated heterocycles. The molecule has 706 valence electrons. The number of hydrogen-bond acceptors (Lipinski definition) is 13. The van der Waals surface area contributed by atoms with Crippen molar-refractivity contribution in [3.63, 3.8) is 0 Å². The van der Waals surface area contributed by atoms with Crippen LogP contribution < -0.4 is 0 Å². The molecule has 0 atom stereocenters. The van der Waals surface area contributed by atoms with Gasteiger partial charge in [0.25, 0.3) is 0 Å². The smallest absolute Gasteiger partial charge is 0.168 e. The first-order valence-corrected chi connectivity index (χ1v) is 49.1. The molecule has 0 unspecified atom stereocenters.